The topological polar surface area (TPSA) is 55.8 Å². The molecule has 148 valence electrons. The second kappa shape index (κ2) is 10.1. The van der Waals surface area contributed by atoms with Crippen molar-refractivity contribution in [2.75, 3.05) is 13.7 Å². The van der Waals surface area contributed by atoms with Crippen molar-refractivity contribution in [3.8, 4) is 5.75 Å². The van der Waals surface area contributed by atoms with E-state index in [2.05, 4.69) is 0 Å². The fourth-order valence-corrected chi connectivity index (χ4v) is 2.95. The van der Waals surface area contributed by atoms with Crippen LogP contribution in [0.3, 0.4) is 0 Å². The molecule has 0 spiro atoms. The predicted molar refractivity (Wildman–Crippen MR) is 110 cm³/mol. The Morgan fingerprint density at radius 1 is 0.759 bits per heavy atom. The second-order valence-electron chi connectivity index (χ2n) is 6.50. The Morgan fingerprint density at radius 3 is 1.83 bits per heavy atom. The van der Waals surface area contributed by atoms with Crippen LogP contribution < -0.4 is 4.74 Å². The molecule has 0 atom stereocenters. The molecule has 0 aliphatic heterocycles. The summed E-state index contributed by atoms with van der Waals surface area (Å²) in [5, 5.41) is 0. The van der Waals surface area contributed by atoms with Crippen LogP contribution in [-0.2, 0) is 22.6 Å². The summed E-state index contributed by atoms with van der Waals surface area (Å²) in [5.74, 6) is -0.438. The molecule has 0 fully saturated rings. The molecule has 0 N–H and O–H groups in total. The fraction of sp³-hybridized carbons (Fsp3) is 0.167. The third kappa shape index (κ3) is 5.69. The lowest BCUT2D eigenvalue weighted by Crippen LogP contribution is -2.34. The minimum absolute atomic E-state index is 0.263. The largest absolute Gasteiger partial charge is 0.496 e. The van der Waals surface area contributed by atoms with Crippen molar-refractivity contribution in [1.82, 2.24) is 4.90 Å². The number of benzene rings is 3. The van der Waals surface area contributed by atoms with Gasteiger partial charge in [0, 0.05) is 13.1 Å². The van der Waals surface area contributed by atoms with Gasteiger partial charge in [0.25, 0.3) is 5.91 Å². The van der Waals surface area contributed by atoms with Crippen LogP contribution in [0.15, 0.2) is 84.9 Å². The zero-order valence-corrected chi connectivity index (χ0v) is 16.3. The van der Waals surface area contributed by atoms with Crippen LogP contribution in [0, 0.1) is 0 Å². The van der Waals surface area contributed by atoms with Crippen LogP contribution >= 0.6 is 0 Å². The van der Waals surface area contributed by atoms with E-state index >= 15 is 0 Å². The van der Waals surface area contributed by atoms with Crippen molar-refractivity contribution in [2.24, 2.45) is 0 Å². The van der Waals surface area contributed by atoms with Gasteiger partial charge >= 0.3 is 5.97 Å². The first-order valence-electron chi connectivity index (χ1n) is 9.33. The van der Waals surface area contributed by atoms with Gasteiger partial charge in [-0.25, -0.2) is 4.79 Å². The minimum Gasteiger partial charge on any atom is -0.496 e. The highest BCUT2D eigenvalue weighted by Gasteiger charge is 2.19. The Labute approximate surface area is 170 Å². The number of carbonyl (C=O) groups excluding carboxylic acids is 2. The zero-order valence-electron chi connectivity index (χ0n) is 16.3. The number of carbonyl (C=O) groups is 2. The molecule has 3 aromatic rings. The van der Waals surface area contributed by atoms with E-state index in [0.717, 1.165) is 11.1 Å². The Morgan fingerprint density at radius 2 is 1.28 bits per heavy atom. The van der Waals surface area contributed by atoms with Gasteiger partial charge in [-0.2, -0.15) is 0 Å². The van der Waals surface area contributed by atoms with Crippen LogP contribution in [0.5, 0.6) is 5.75 Å². The molecule has 5 heteroatoms. The van der Waals surface area contributed by atoms with Gasteiger partial charge < -0.3 is 14.4 Å². The van der Waals surface area contributed by atoms with Gasteiger partial charge in [0.05, 0.1) is 7.11 Å². The van der Waals surface area contributed by atoms with E-state index in [1.165, 1.54) is 7.11 Å². The van der Waals surface area contributed by atoms with E-state index in [0.29, 0.717) is 24.4 Å². The summed E-state index contributed by atoms with van der Waals surface area (Å²) in [6.07, 6.45) is 0. The van der Waals surface area contributed by atoms with Crippen LogP contribution in [0.2, 0.25) is 0 Å². The molecule has 0 saturated carbocycles. The highest BCUT2D eigenvalue weighted by atomic mass is 16.5. The predicted octanol–water partition coefficient (Wildman–Crippen LogP) is 4.08. The molecule has 3 aromatic carbocycles. The maximum Gasteiger partial charge on any atom is 0.342 e. The van der Waals surface area contributed by atoms with Gasteiger partial charge in [0.1, 0.15) is 11.3 Å². The lowest BCUT2D eigenvalue weighted by molar-refractivity contribution is -0.135. The molecular formula is C24H23NO4. The highest BCUT2D eigenvalue weighted by molar-refractivity contribution is 5.94. The first-order valence-corrected chi connectivity index (χ1v) is 9.33. The van der Waals surface area contributed by atoms with E-state index < -0.39 is 5.97 Å². The zero-order chi connectivity index (χ0) is 20.5. The summed E-state index contributed by atoms with van der Waals surface area (Å²) in [6.45, 7) is 0.526. The number of nitrogens with zero attached hydrogens (tertiary/aromatic N) is 1. The van der Waals surface area contributed by atoms with Crippen molar-refractivity contribution in [3.05, 3.63) is 102 Å². The Kier molecular flexibility index (Phi) is 7.00. The van der Waals surface area contributed by atoms with E-state index in [-0.39, 0.29) is 12.5 Å². The molecule has 0 radical (unpaired) electrons. The summed E-state index contributed by atoms with van der Waals surface area (Å²) in [7, 11) is 1.48. The Hall–Kier alpha value is -3.60. The summed E-state index contributed by atoms with van der Waals surface area (Å²) >= 11 is 0. The fourth-order valence-electron chi connectivity index (χ4n) is 2.95. The van der Waals surface area contributed by atoms with E-state index in [1.54, 1.807) is 29.2 Å². The molecule has 5 nitrogen and oxygen atoms in total. The Balaban J connectivity index is 1.69. The second-order valence-corrected chi connectivity index (χ2v) is 6.50. The summed E-state index contributed by atoms with van der Waals surface area (Å²) in [6, 6.07) is 26.2. The van der Waals surface area contributed by atoms with Gasteiger partial charge in [-0.1, -0.05) is 72.8 Å². The molecule has 0 unspecified atom stereocenters. The first kappa shape index (κ1) is 20.1. The summed E-state index contributed by atoms with van der Waals surface area (Å²) < 4.78 is 10.5. The Bertz CT molecular complexity index is 900. The SMILES string of the molecule is COc1ccccc1C(=O)OCC(=O)N(Cc1ccccc1)Cc1ccccc1. The van der Waals surface area contributed by atoms with Crippen molar-refractivity contribution in [1.29, 1.82) is 0 Å². The number of esters is 1. The standard InChI is InChI=1S/C24H23NO4/c1-28-22-15-9-8-14-21(22)24(27)29-18-23(26)25(16-19-10-4-2-5-11-19)17-20-12-6-3-7-13-20/h2-15H,16-18H2,1H3. The molecule has 0 saturated heterocycles. The highest BCUT2D eigenvalue weighted by Crippen LogP contribution is 2.18. The van der Waals surface area contributed by atoms with Crippen LogP contribution in [-0.4, -0.2) is 30.5 Å². The number of methoxy groups -OCH3 is 1. The normalized spacial score (nSPS) is 10.2. The quantitative estimate of drug-likeness (QED) is 0.545. The molecule has 29 heavy (non-hydrogen) atoms. The summed E-state index contributed by atoms with van der Waals surface area (Å²) in [5.41, 5.74) is 2.31. The minimum atomic E-state index is -0.588. The van der Waals surface area contributed by atoms with Crippen molar-refractivity contribution in [2.45, 2.75) is 13.1 Å². The maximum absolute atomic E-state index is 12.9. The first-order chi connectivity index (χ1) is 14.2. The third-order valence-electron chi connectivity index (χ3n) is 4.44. The average molecular weight is 389 g/mol. The number of amides is 1. The number of rotatable bonds is 8. The van der Waals surface area contributed by atoms with Gasteiger partial charge in [0.15, 0.2) is 6.61 Å². The van der Waals surface area contributed by atoms with Crippen molar-refractivity contribution < 1.29 is 19.1 Å². The lowest BCUT2D eigenvalue weighted by atomic mass is 10.1. The van der Waals surface area contributed by atoms with Crippen molar-refractivity contribution in [3.63, 3.8) is 0 Å². The van der Waals surface area contributed by atoms with Crippen molar-refractivity contribution >= 4 is 11.9 Å². The van der Waals surface area contributed by atoms with E-state index in [4.69, 9.17) is 9.47 Å². The third-order valence-corrected chi connectivity index (χ3v) is 4.44. The molecule has 0 aliphatic carbocycles. The van der Waals surface area contributed by atoms with Crippen LogP contribution in [0.4, 0.5) is 0 Å². The molecule has 0 bridgehead atoms. The molecule has 0 aliphatic rings. The van der Waals surface area contributed by atoms with Crippen LogP contribution in [0.25, 0.3) is 0 Å². The number of ether oxygens (including phenoxy) is 2. The molecule has 3 rings (SSSR count). The van der Waals surface area contributed by atoms with Crippen LogP contribution in [0.1, 0.15) is 21.5 Å². The average Bonchev–Trinajstić information content (AvgIpc) is 2.78. The monoisotopic (exact) mass is 389 g/mol. The summed E-state index contributed by atoms with van der Waals surface area (Å²) in [4.78, 5) is 26.9. The molecule has 0 heterocycles. The van der Waals surface area contributed by atoms with Gasteiger partial charge in [0.2, 0.25) is 0 Å². The van der Waals surface area contributed by atoms with E-state index in [1.807, 2.05) is 60.7 Å². The molecule has 0 aromatic heterocycles. The lowest BCUT2D eigenvalue weighted by Gasteiger charge is -2.23. The smallest absolute Gasteiger partial charge is 0.342 e. The number of para-hydroxylation sites is 1. The van der Waals surface area contributed by atoms with Gasteiger partial charge in [-0.05, 0) is 23.3 Å². The molecular weight excluding hydrogens is 366 g/mol. The molecule has 1 amide bonds. The number of hydrogen-bond acceptors (Lipinski definition) is 4. The van der Waals surface area contributed by atoms with Gasteiger partial charge in [-0.15, -0.1) is 0 Å². The maximum atomic E-state index is 12.9. The van der Waals surface area contributed by atoms with E-state index in [9.17, 15) is 9.59 Å². The number of hydrogen-bond donors (Lipinski definition) is 0. The van der Waals surface area contributed by atoms with Gasteiger partial charge in [-0.3, -0.25) is 4.79 Å².